The summed E-state index contributed by atoms with van der Waals surface area (Å²) in [6.07, 6.45) is 11.0. The van der Waals surface area contributed by atoms with Gasteiger partial charge in [-0.15, -0.1) is 0 Å². The van der Waals surface area contributed by atoms with Crippen LogP contribution in [0.25, 0.3) is 0 Å². The van der Waals surface area contributed by atoms with Crippen LogP contribution in [0.2, 0.25) is 0 Å². The fourth-order valence-corrected chi connectivity index (χ4v) is 6.46. The topological polar surface area (TPSA) is 34.1 Å². The smallest absolute Gasteiger partial charge is 0.150 e. The summed E-state index contributed by atoms with van der Waals surface area (Å²) in [7, 11) is 0. The maximum atomic E-state index is 5.60. The van der Waals surface area contributed by atoms with Crippen molar-refractivity contribution in [1.29, 1.82) is 0 Å². The molecule has 1 aliphatic heterocycles. The molecule has 5 fully saturated rings. The average Bonchev–Trinajstić information content (AvgIpc) is 2.71. The summed E-state index contributed by atoms with van der Waals surface area (Å²) >= 11 is 0. The molecule has 0 atom stereocenters. The molecule has 4 bridgehead atoms. The molecule has 4 heteroatoms. The standard InChI is InChI=1S/C24H30N2O2/c1-2-5-22(6-3-1)23(25-28-10-4-7-26-8-11-27-12-9-26)24-16-19-13-20(17-24)15-21(14-19)18-24/h1-3,5-6,19-21H,7-9,11-18H2/b25-23+. The summed E-state index contributed by atoms with van der Waals surface area (Å²) in [5.74, 6) is 5.77. The molecule has 0 N–H and O–H groups in total. The monoisotopic (exact) mass is 378 g/mol. The first kappa shape index (κ1) is 18.2. The van der Waals surface area contributed by atoms with Gasteiger partial charge in [-0.2, -0.15) is 0 Å². The van der Waals surface area contributed by atoms with Gasteiger partial charge in [-0.05, 0) is 67.8 Å². The highest BCUT2D eigenvalue weighted by molar-refractivity contribution is 6.04. The van der Waals surface area contributed by atoms with Gasteiger partial charge in [0.05, 0.1) is 25.5 Å². The van der Waals surface area contributed by atoms with E-state index in [4.69, 9.17) is 9.57 Å². The average molecular weight is 379 g/mol. The van der Waals surface area contributed by atoms with Crippen LogP contribution in [0.15, 0.2) is 35.5 Å². The van der Waals surface area contributed by atoms with E-state index in [9.17, 15) is 0 Å². The van der Waals surface area contributed by atoms with Crippen molar-refractivity contribution in [3.63, 3.8) is 0 Å². The van der Waals surface area contributed by atoms with Crippen molar-refractivity contribution >= 4 is 5.71 Å². The van der Waals surface area contributed by atoms with Crippen LogP contribution in [-0.2, 0) is 9.57 Å². The summed E-state index contributed by atoms with van der Waals surface area (Å²) in [5.41, 5.74) is 2.55. The molecule has 28 heavy (non-hydrogen) atoms. The third-order valence-corrected chi connectivity index (χ3v) is 7.25. The van der Waals surface area contributed by atoms with E-state index in [-0.39, 0.29) is 5.41 Å². The second kappa shape index (κ2) is 7.89. The summed E-state index contributed by atoms with van der Waals surface area (Å²) in [6.45, 7) is 4.20. The molecule has 1 saturated heterocycles. The SMILES string of the molecule is C(#CO/N=C(\c1ccccc1)C12CC3CC(CC(C3)C1)C2)CN1CCOCC1. The molecule has 0 spiro atoms. The number of rotatable bonds is 4. The maximum absolute atomic E-state index is 5.60. The van der Waals surface area contributed by atoms with Gasteiger partial charge in [0.15, 0.2) is 0 Å². The van der Waals surface area contributed by atoms with E-state index in [1.54, 1.807) is 0 Å². The molecule has 1 aromatic carbocycles. The first-order valence-electron chi connectivity index (χ1n) is 10.9. The first-order chi connectivity index (χ1) is 13.8. The Kier molecular flexibility index (Phi) is 5.13. The van der Waals surface area contributed by atoms with E-state index in [0.717, 1.165) is 56.3 Å². The summed E-state index contributed by atoms with van der Waals surface area (Å²) in [4.78, 5) is 7.89. The molecule has 1 heterocycles. The number of morpholine rings is 1. The van der Waals surface area contributed by atoms with Crippen LogP contribution in [0.5, 0.6) is 0 Å². The molecular weight excluding hydrogens is 348 g/mol. The highest BCUT2D eigenvalue weighted by Crippen LogP contribution is 2.61. The number of hydrogen-bond donors (Lipinski definition) is 0. The minimum atomic E-state index is 0.196. The highest BCUT2D eigenvalue weighted by Gasteiger charge is 2.53. The first-order valence-corrected chi connectivity index (χ1v) is 10.9. The van der Waals surface area contributed by atoms with Gasteiger partial charge in [0.1, 0.15) is 6.11 Å². The predicted octanol–water partition coefficient (Wildman–Crippen LogP) is 3.92. The van der Waals surface area contributed by atoms with E-state index in [0.29, 0.717) is 0 Å². The molecule has 0 amide bonds. The normalized spacial score (nSPS) is 34.7. The molecule has 1 aromatic rings. The largest absolute Gasteiger partial charge is 0.379 e. The van der Waals surface area contributed by atoms with Crippen molar-refractivity contribution in [3.8, 4) is 12.0 Å². The Labute approximate surface area is 168 Å². The molecule has 4 saturated carbocycles. The lowest BCUT2D eigenvalue weighted by Gasteiger charge is -2.56. The van der Waals surface area contributed by atoms with Gasteiger partial charge in [-0.3, -0.25) is 4.90 Å². The van der Waals surface area contributed by atoms with Crippen molar-refractivity contribution < 1.29 is 9.57 Å². The molecule has 4 nitrogen and oxygen atoms in total. The second-order valence-electron chi connectivity index (χ2n) is 9.26. The Balaban J connectivity index is 1.35. The van der Waals surface area contributed by atoms with Crippen molar-refractivity contribution in [1.82, 2.24) is 4.90 Å². The molecule has 0 unspecified atom stereocenters. The zero-order valence-electron chi connectivity index (χ0n) is 16.6. The van der Waals surface area contributed by atoms with Crippen molar-refractivity contribution in [2.75, 3.05) is 32.8 Å². The third kappa shape index (κ3) is 3.71. The zero-order valence-corrected chi connectivity index (χ0v) is 16.6. The van der Waals surface area contributed by atoms with Crippen molar-refractivity contribution in [3.05, 3.63) is 35.9 Å². The molecule has 0 aromatic heterocycles. The van der Waals surface area contributed by atoms with Gasteiger partial charge in [0, 0.05) is 18.5 Å². The van der Waals surface area contributed by atoms with Crippen LogP contribution in [0, 0.1) is 35.2 Å². The van der Waals surface area contributed by atoms with Crippen LogP contribution >= 0.6 is 0 Å². The Morgan fingerprint density at radius 2 is 1.68 bits per heavy atom. The minimum Gasteiger partial charge on any atom is -0.379 e. The van der Waals surface area contributed by atoms with Gasteiger partial charge in [-0.1, -0.05) is 35.5 Å². The van der Waals surface area contributed by atoms with Crippen LogP contribution in [0.4, 0.5) is 0 Å². The van der Waals surface area contributed by atoms with Crippen LogP contribution in [0.1, 0.15) is 44.1 Å². The van der Waals surface area contributed by atoms with Gasteiger partial charge >= 0.3 is 0 Å². The molecule has 148 valence electrons. The third-order valence-electron chi connectivity index (χ3n) is 7.25. The lowest BCUT2D eigenvalue weighted by molar-refractivity contribution is -0.0133. The lowest BCUT2D eigenvalue weighted by atomic mass is 9.48. The Bertz CT molecular complexity index is 736. The van der Waals surface area contributed by atoms with E-state index in [1.807, 2.05) is 0 Å². The summed E-state index contributed by atoms with van der Waals surface area (Å²) in [6, 6.07) is 10.7. The van der Waals surface area contributed by atoms with E-state index in [1.165, 1.54) is 44.1 Å². The number of nitrogens with zero attached hydrogens (tertiary/aromatic N) is 2. The van der Waals surface area contributed by atoms with E-state index in [2.05, 4.69) is 52.4 Å². The van der Waals surface area contributed by atoms with E-state index >= 15 is 0 Å². The second-order valence-corrected chi connectivity index (χ2v) is 9.26. The zero-order chi connectivity index (χ0) is 18.8. The lowest BCUT2D eigenvalue weighted by Crippen LogP contribution is -2.50. The van der Waals surface area contributed by atoms with Gasteiger partial charge in [0.25, 0.3) is 0 Å². The Morgan fingerprint density at radius 1 is 1.04 bits per heavy atom. The van der Waals surface area contributed by atoms with Crippen molar-refractivity contribution in [2.24, 2.45) is 28.3 Å². The van der Waals surface area contributed by atoms with Crippen molar-refractivity contribution in [2.45, 2.75) is 38.5 Å². The maximum Gasteiger partial charge on any atom is 0.150 e. The van der Waals surface area contributed by atoms with Crippen LogP contribution < -0.4 is 0 Å². The molecule has 0 radical (unpaired) electrons. The fraction of sp³-hybridized carbons (Fsp3) is 0.625. The van der Waals surface area contributed by atoms with Crippen LogP contribution in [0.3, 0.4) is 0 Å². The Morgan fingerprint density at radius 3 is 2.32 bits per heavy atom. The summed E-state index contributed by atoms with van der Waals surface area (Å²) in [5, 5.41) is 4.67. The number of hydrogen-bond acceptors (Lipinski definition) is 4. The molecule has 5 aliphatic rings. The Hall–Kier alpha value is -1.83. The minimum absolute atomic E-state index is 0.196. The number of benzene rings is 1. The molecular formula is C24H30N2O2. The van der Waals surface area contributed by atoms with E-state index < -0.39 is 0 Å². The number of oxime groups is 1. The summed E-state index contributed by atoms with van der Waals surface area (Å²) < 4.78 is 5.38. The van der Waals surface area contributed by atoms with Gasteiger partial charge in [0.2, 0.25) is 0 Å². The number of ether oxygens (including phenoxy) is 1. The quantitative estimate of drug-likeness (QED) is 0.452. The molecule has 4 aliphatic carbocycles. The predicted molar refractivity (Wildman–Crippen MR) is 110 cm³/mol. The fourth-order valence-electron chi connectivity index (χ4n) is 6.46. The molecule has 6 rings (SSSR count). The van der Waals surface area contributed by atoms with Crippen LogP contribution in [-0.4, -0.2) is 43.5 Å². The van der Waals surface area contributed by atoms with Gasteiger partial charge in [-0.25, -0.2) is 0 Å². The highest BCUT2D eigenvalue weighted by atomic mass is 16.6. The van der Waals surface area contributed by atoms with Gasteiger partial charge < -0.3 is 9.57 Å².